The van der Waals surface area contributed by atoms with Crippen molar-refractivity contribution in [2.24, 2.45) is 0 Å². The minimum Gasteiger partial charge on any atom is -0.479 e. The largest absolute Gasteiger partial charge is 0.479 e. The van der Waals surface area contributed by atoms with Gasteiger partial charge in [-0.3, -0.25) is 4.79 Å². The first-order valence-electron chi connectivity index (χ1n) is 6.92. The normalized spacial score (nSPS) is 14.3. The van der Waals surface area contributed by atoms with E-state index in [1.165, 1.54) is 12.1 Å². The molecule has 0 bridgehead atoms. The Labute approximate surface area is 132 Å². The fourth-order valence-corrected chi connectivity index (χ4v) is 2.39. The standard InChI is InChI=1S/C18H12FNO3/c1-11-8-14(22-7-6-20)10-15-17(11)18(21)16(23-15)9-12-2-4-13(19)5-3-12/h2-5,8-10H,7H2,1H3/b16-9-. The van der Waals surface area contributed by atoms with E-state index in [1.54, 1.807) is 37.3 Å². The lowest BCUT2D eigenvalue weighted by Gasteiger charge is -2.06. The molecular weight excluding hydrogens is 297 g/mol. The summed E-state index contributed by atoms with van der Waals surface area (Å²) in [6.45, 7) is 1.70. The summed E-state index contributed by atoms with van der Waals surface area (Å²) in [6.07, 6.45) is 1.57. The number of Topliss-reactive ketones (excluding diaryl/α,β-unsaturated/α-hetero) is 1. The summed E-state index contributed by atoms with van der Waals surface area (Å²) in [4.78, 5) is 12.5. The SMILES string of the molecule is Cc1cc(OCC#N)cc2c1C(=O)/C(=C/c1ccc(F)cc1)O2. The molecule has 0 fully saturated rings. The van der Waals surface area contributed by atoms with E-state index < -0.39 is 0 Å². The van der Waals surface area contributed by atoms with E-state index in [4.69, 9.17) is 14.7 Å². The maximum atomic E-state index is 12.9. The van der Waals surface area contributed by atoms with Crippen molar-refractivity contribution in [3.05, 3.63) is 64.7 Å². The number of hydrogen-bond donors (Lipinski definition) is 0. The fourth-order valence-electron chi connectivity index (χ4n) is 2.39. The third-order valence-electron chi connectivity index (χ3n) is 3.41. The van der Waals surface area contributed by atoms with E-state index in [2.05, 4.69) is 0 Å². The molecule has 0 amide bonds. The van der Waals surface area contributed by atoms with Crippen LogP contribution in [0.15, 0.2) is 42.2 Å². The van der Waals surface area contributed by atoms with E-state index in [-0.39, 0.29) is 24.0 Å². The van der Waals surface area contributed by atoms with E-state index in [9.17, 15) is 9.18 Å². The van der Waals surface area contributed by atoms with Crippen molar-refractivity contribution in [1.82, 2.24) is 0 Å². The highest BCUT2D eigenvalue weighted by atomic mass is 19.1. The molecule has 0 radical (unpaired) electrons. The van der Waals surface area contributed by atoms with Crippen LogP contribution in [-0.2, 0) is 0 Å². The van der Waals surface area contributed by atoms with Crippen LogP contribution < -0.4 is 9.47 Å². The van der Waals surface area contributed by atoms with E-state index in [0.29, 0.717) is 28.2 Å². The monoisotopic (exact) mass is 309 g/mol. The summed E-state index contributed by atoms with van der Waals surface area (Å²) >= 11 is 0. The highest BCUT2D eigenvalue weighted by molar-refractivity contribution is 6.15. The number of nitriles is 1. The van der Waals surface area contributed by atoms with Crippen molar-refractivity contribution in [2.75, 3.05) is 6.61 Å². The van der Waals surface area contributed by atoms with Crippen molar-refractivity contribution in [2.45, 2.75) is 6.92 Å². The molecule has 2 aromatic rings. The summed E-state index contributed by atoms with van der Waals surface area (Å²) in [7, 11) is 0. The Bertz CT molecular complexity index is 848. The molecule has 114 valence electrons. The summed E-state index contributed by atoms with van der Waals surface area (Å²) < 4.78 is 23.8. The molecule has 5 heteroatoms. The molecule has 0 N–H and O–H groups in total. The quantitative estimate of drug-likeness (QED) is 0.812. The first-order chi connectivity index (χ1) is 11.1. The molecule has 0 aromatic heterocycles. The van der Waals surface area contributed by atoms with Gasteiger partial charge in [-0.1, -0.05) is 12.1 Å². The number of allylic oxidation sites excluding steroid dienone is 1. The van der Waals surface area contributed by atoms with Crippen molar-refractivity contribution < 1.29 is 18.7 Å². The van der Waals surface area contributed by atoms with Crippen LogP contribution in [0.2, 0.25) is 0 Å². The summed E-state index contributed by atoms with van der Waals surface area (Å²) in [5, 5.41) is 8.56. The minimum absolute atomic E-state index is 0.0789. The van der Waals surface area contributed by atoms with Gasteiger partial charge in [0.25, 0.3) is 0 Å². The number of ether oxygens (including phenoxy) is 2. The van der Waals surface area contributed by atoms with Gasteiger partial charge in [-0.05, 0) is 42.3 Å². The highest BCUT2D eigenvalue weighted by Crippen LogP contribution is 2.37. The Hall–Kier alpha value is -3.13. The lowest BCUT2D eigenvalue weighted by atomic mass is 10.0. The molecule has 1 aliphatic rings. The molecule has 4 nitrogen and oxygen atoms in total. The van der Waals surface area contributed by atoms with E-state index in [0.717, 1.165) is 0 Å². The maximum absolute atomic E-state index is 12.9. The zero-order valence-electron chi connectivity index (χ0n) is 12.3. The van der Waals surface area contributed by atoms with E-state index in [1.807, 2.05) is 6.07 Å². The van der Waals surface area contributed by atoms with Crippen molar-refractivity contribution in [3.8, 4) is 17.6 Å². The second-order valence-electron chi connectivity index (χ2n) is 5.05. The van der Waals surface area contributed by atoms with Crippen LogP contribution >= 0.6 is 0 Å². The number of halogens is 1. The zero-order valence-corrected chi connectivity index (χ0v) is 12.3. The molecule has 23 heavy (non-hydrogen) atoms. The zero-order chi connectivity index (χ0) is 16.4. The predicted molar refractivity (Wildman–Crippen MR) is 81.6 cm³/mol. The molecule has 1 heterocycles. The number of carbonyl (C=O) groups excluding carboxylic acids is 1. The molecular formula is C18H12FNO3. The number of benzene rings is 2. The molecule has 0 atom stereocenters. The first kappa shape index (κ1) is 14.8. The van der Waals surface area contributed by atoms with Crippen LogP contribution in [-0.4, -0.2) is 12.4 Å². The van der Waals surface area contributed by atoms with Crippen molar-refractivity contribution >= 4 is 11.9 Å². The first-order valence-corrected chi connectivity index (χ1v) is 6.92. The summed E-state index contributed by atoms with van der Waals surface area (Å²) in [5.41, 5.74) is 1.85. The Morgan fingerprint density at radius 2 is 2.04 bits per heavy atom. The minimum atomic E-state index is -0.343. The Morgan fingerprint density at radius 3 is 2.74 bits per heavy atom. The topological polar surface area (TPSA) is 59.3 Å². The van der Waals surface area contributed by atoms with Gasteiger partial charge in [-0.2, -0.15) is 5.26 Å². The molecule has 0 saturated carbocycles. The Balaban J connectivity index is 1.93. The van der Waals surface area contributed by atoms with E-state index >= 15 is 0 Å². The van der Waals surface area contributed by atoms with Crippen LogP contribution in [0.25, 0.3) is 6.08 Å². The number of rotatable bonds is 3. The Kier molecular flexibility index (Phi) is 3.82. The van der Waals surface area contributed by atoms with Crippen LogP contribution in [0.4, 0.5) is 4.39 Å². The molecule has 0 saturated heterocycles. The highest BCUT2D eigenvalue weighted by Gasteiger charge is 2.29. The average molecular weight is 309 g/mol. The Morgan fingerprint density at radius 1 is 1.30 bits per heavy atom. The maximum Gasteiger partial charge on any atom is 0.232 e. The van der Waals surface area contributed by atoms with Gasteiger partial charge in [-0.15, -0.1) is 0 Å². The predicted octanol–water partition coefficient (Wildman–Crippen LogP) is 3.65. The lowest BCUT2D eigenvalue weighted by molar-refractivity contribution is 0.101. The molecule has 0 unspecified atom stereocenters. The third-order valence-corrected chi connectivity index (χ3v) is 3.41. The smallest absolute Gasteiger partial charge is 0.232 e. The average Bonchev–Trinajstić information content (AvgIpc) is 2.84. The van der Waals surface area contributed by atoms with Crippen LogP contribution in [0.3, 0.4) is 0 Å². The number of fused-ring (bicyclic) bond motifs is 1. The van der Waals surface area contributed by atoms with Gasteiger partial charge in [0.2, 0.25) is 5.78 Å². The van der Waals surface area contributed by atoms with Gasteiger partial charge < -0.3 is 9.47 Å². The molecule has 3 rings (SSSR count). The summed E-state index contributed by atoms with van der Waals surface area (Å²) in [6, 6.07) is 10.9. The van der Waals surface area contributed by atoms with Gasteiger partial charge in [0.1, 0.15) is 23.4 Å². The number of hydrogen-bond acceptors (Lipinski definition) is 4. The van der Waals surface area contributed by atoms with Gasteiger partial charge in [0.15, 0.2) is 12.4 Å². The fraction of sp³-hybridized carbons (Fsp3) is 0.111. The number of nitrogens with zero attached hydrogens (tertiary/aromatic N) is 1. The summed E-state index contributed by atoms with van der Waals surface area (Å²) in [5.74, 6) is 0.472. The lowest BCUT2D eigenvalue weighted by Crippen LogP contribution is -2.00. The molecule has 1 aliphatic heterocycles. The third kappa shape index (κ3) is 2.92. The van der Waals surface area contributed by atoms with Crippen LogP contribution in [0, 0.1) is 24.1 Å². The van der Waals surface area contributed by atoms with Gasteiger partial charge >= 0.3 is 0 Å². The van der Waals surface area contributed by atoms with Crippen molar-refractivity contribution in [3.63, 3.8) is 0 Å². The molecule has 0 spiro atoms. The second kappa shape index (κ2) is 5.93. The van der Waals surface area contributed by atoms with Crippen LogP contribution in [0.5, 0.6) is 11.5 Å². The van der Waals surface area contributed by atoms with Gasteiger partial charge in [0, 0.05) is 6.07 Å². The molecule has 0 aliphatic carbocycles. The van der Waals surface area contributed by atoms with Gasteiger partial charge in [0.05, 0.1) is 5.56 Å². The number of carbonyl (C=O) groups is 1. The second-order valence-corrected chi connectivity index (χ2v) is 5.05. The van der Waals surface area contributed by atoms with Crippen molar-refractivity contribution in [1.29, 1.82) is 5.26 Å². The van der Waals surface area contributed by atoms with Crippen LogP contribution in [0.1, 0.15) is 21.5 Å². The molecule has 2 aromatic carbocycles. The number of aryl methyl sites for hydroxylation is 1. The van der Waals surface area contributed by atoms with Gasteiger partial charge in [-0.25, -0.2) is 4.39 Å². The number of ketones is 1.